The maximum absolute atomic E-state index is 12.4. The third-order valence-corrected chi connectivity index (χ3v) is 4.10. The van der Waals surface area contributed by atoms with E-state index in [0.717, 1.165) is 0 Å². The van der Waals surface area contributed by atoms with Gasteiger partial charge in [-0.15, -0.1) is 5.10 Å². The van der Waals surface area contributed by atoms with Crippen molar-refractivity contribution in [2.24, 2.45) is 0 Å². The molecule has 0 saturated carbocycles. The van der Waals surface area contributed by atoms with E-state index in [0.29, 0.717) is 16.6 Å². The number of hydrogen-bond acceptors (Lipinski definition) is 9. The van der Waals surface area contributed by atoms with Gasteiger partial charge in [0.15, 0.2) is 0 Å². The largest absolute Gasteiger partial charge is 0.465 e. The predicted molar refractivity (Wildman–Crippen MR) is 98.2 cm³/mol. The van der Waals surface area contributed by atoms with Crippen LogP contribution in [0.5, 0.6) is 10.9 Å². The molecule has 2 heterocycles. The van der Waals surface area contributed by atoms with Gasteiger partial charge in [-0.05, 0) is 24.3 Å². The number of hydrogen-bond donors (Lipinski definition) is 0. The number of carbonyl (C=O) groups excluding carboxylic acids is 2. The minimum absolute atomic E-state index is 0.0300. The van der Waals surface area contributed by atoms with Crippen molar-refractivity contribution in [2.75, 3.05) is 19.1 Å². The average molecular weight is 385 g/mol. The van der Waals surface area contributed by atoms with Crippen LogP contribution in [0.15, 0.2) is 65.5 Å². The Morgan fingerprint density at radius 1 is 1.11 bits per heavy atom. The van der Waals surface area contributed by atoms with Crippen molar-refractivity contribution < 1.29 is 23.8 Å². The van der Waals surface area contributed by atoms with Gasteiger partial charge in [-0.25, -0.2) is 9.59 Å². The smallest absolute Gasteiger partial charge is 0.355 e. The Balaban J connectivity index is 2.05. The van der Waals surface area contributed by atoms with E-state index in [9.17, 15) is 9.59 Å². The van der Waals surface area contributed by atoms with Gasteiger partial charge in [-0.1, -0.05) is 28.6 Å². The van der Waals surface area contributed by atoms with E-state index in [2.05, 4.69) is 10.2 Å². The van der Waals surface area contributed by atoms with E-state index in [-0.39, 0.29) is 11.3 Å². The molecule has 3 rings (SSSR count). The molecule has 9 heteroatoms. The predicted octanol–water partition coefficient (Wildman–Crippen LogP) is 2.82. The normalized spacial score (nSPS) is 13.3. The molecule has 0 radical (unpaired) electrons. The van der Waals surface area contributed by atoms with Gasteiger partial charge in [0.1, 0.15) is 17.0 Å². The summed E-state index contributed by atoms with van der Waals surface area (Å²) in [5, 5.41) is 7.95. The average Bonchev–Trinajstić information content (AvgIpc) is 3.10. The van der Waals surface area contributed by atoms with Gasteiger partial charge in [0.2, 0.25) is 0 Å². The van der Waals surface area contributed by atoms with Crippen LogP contribution in [-0.4, -0.2) is 36.4 Å². The van der Waals surface area contributed by atoms with Crippen LogP contribution in [0, 0.1) is 0 Å². The van der Waals surface area contributed by atoms with Gasteiger partial charge in [-0.2, -0.15) is 0 Å². The van der Waals surface area contributed by atoms with Crippen molar-refractivity contribution >= 4 is 29.0 Å². The Hall–Kier alpha value is -3.46. The van der Waals surface area contributed by atoms with Gasteiger partial charge in [0.05, 0.1) is 19.8 Å². The molecule has 8 nitrogen and oxygen atoms in total. The fraction of sp³-hybridized carbons (Fsp3) is 0.111. The summed E-state index contributed by atoms with van der Waals surface area (Å²) in [4.78, 5) is 26.1. The maximum atomic E-state index is 12.4. The Bertz CT molecular complexity index is 934. The van der Waals surface area contributed by atoms with Crippen molar-refractivity contribution in [2.45, 2.75) is 0 Å². The van der Waals surface area contributed by atoms with Crippen LogP contribution in [0.3, 0.4) is 0 Å². The Morgan fingerprint density at radius 2 is 1.93 bits per heavy atom. The standard InChI is InChI=1S/C18H15N3O5S/c1-24-16(22)14-8-3-4-9-21(15(14)17(23)25-2)12-6-5-7-13(10-12)26-18-20-19-11-27-18/h3-11H,1-2H3. The summed E-state index contributed by atoms with van der Waals surface area (Å²) in [6, 6.07) is 6.97. The first-order chi connectivity index (χ1) is 13.1. The van der Waals surface area contributed by atoms with E-state index < -0.39 is 11.9 Å². The monoisotopic (exact) mass is 385 g/mol. The molecule has 0 saturated heterocycles. The van der Waals surface area contributed by atoms with Crippen molar-refractivity contribution in [1.82, 2.24) is 10.2 Å². The number of esters is 2. The fourth-order valence-corrected chi connectivity index (χ4v) is 2.79. The lowest BCUT2D eigenvalue weighted by atomic mass is 10.1. The first-order valence-electron chi connectivity index (χ1n) is 7.73. The van der Waals surface area contributed by atoms with Crippen molar-refractivity contribution in [3.63, 3.8) is 0 Å². The number of nitrogens with zero attached hydrogens (tertiary/aromatic N) is 3. The quantitative estimate of drug-likeness (QED) is 0.726. The lowest BCUT2D eigenvalue weighted by Crippen LogP contribution is -2.26. The van der Waals surface area contributed by atoms with Gasteiger partial charge < -0.3 is 19.1 Å². The van der Waals surface area contributed by atoms with Gasteiger partial charge in [0, 0.05) is 18.0 Å². The molecule has 138 valence electrons. The SMILES string of the molecule is COC(=O)C1=C(C(=O)OC)N(c2cccc(Oc3nncs3)c2)C=CC=C1. The van der Waals surface area contributed by atoms with Gasteiger partial charge >= 0.3 is 11.9 Å². The number of rotatable bonds is 5. The van der Waals surface area contributed by atoms with Crippen molar-refractivity contribution in [3.8, 4) is 10.9 Å². The number of aromatic nitrogens is 2. The molecule has 0 unspecified atom stereocenters. The molecule has 0 bridgehead atoms. The maximum Gasteiger partial charge on any atom is 0.355 e. The first-order valence-corrected chi connectivity index (χ1v) is 8.61. The molecule has 1 aliphatic rings. The lowest BCUT2D eigenvalue weighted by molar-refractivity contribution is -0.139. The summed E-state index contributed by atoms with van der Waals surface area (Å²) >= 11 is 1.25. The molecule has 0 amide bonds. The highest BCUT2D eigenvalue weighted by molar-refractivity contribution is 7.11. The van der Waals surface area contributed by atoms with Crippen LogP contribution >= 0.6 is 11.3 Å². The van der Waals surface area contributed by atoms with E-state index in [1.54, 1.807) is 48.1 Å². The molecule has 1 aromatic carbocycles. The summed E-state index contributed by atoms with van der Waals surface area (Å²) in [5.41, 5.74) is 2.24. The summed E-state index contributed by atoms with van der Waals surface area (Å²) in [7, 11) is 2.49. The Morgan fingerprint density at radius 3 is 2.63 bits per heavy atom. The number of anilines is 1. The number of carbonyl (C=O) groups is 2. The number of benzene rings is 1. The fourth-order valence-electron chi connectivity index (χ4n) is 2.37. The number of ether oxygens (including phenoxy) is 3. The van der Waals surface area contributed by atoms with Crippen LogP contribution in [0.2, 0.25) is 0 Å². The molecule has 2 aromatic rings. The summed E-state index contributed by atoms with van der Waals surface area (Å²) < 4.78 is 15.3. The second-order valence-corrected chi connectivity index (χ2v) is 5.92. The molecule has 0 fully saturated rings. The highest BCUT2D eigenvalue weighted by atomic mass is 32.1. The van der Waals surface area contributed by atoms with Crippen molar-refractivity contribution in [3.05, 3.63) is 65.5 Å². The van der Waals surface area contributed by atoms with Crippen LogP contribution in [0.25, 0.3) is 0 Å². The molecule has 27 heavy (non-hydrogen) atoms. The van der Waals surface area contributed by atoms with Gasteiger partial charge in [0.25, 0.3) is 5.19 Å². The van der Waals surface area contributed by atoms with E-state index in [1.165, 1.54) is 36.5 Å². The molecule has 0 N–H and O–H groups in total. The molecule has 0 spiro atoms. The van der Waals surface area contributed by atoms with Crippen molar-refractivity contribution in [1.29, 1.82) is 0 Å². The topological polar surface area (TPSA) is 90.9 Å². The second-order valence-electron chi connectivity index (χ2n) is 5.12. The molecular weight excluding hydrogens is 370 g/mol. The lowest BCUT2D eigenvalue weighted by Gasteiger charge is -2.23. The third-order valence-electron chi connectivity index (χ3n) is 3.53. The van der Waals surface area contributed by atoms with Crippen LogP contribution in [0.1, 0.15) is 0 Å². The Labute approximate surface area is 159 Å². The molecular formula is C18H15N3O5S. The number of methoxy groups -OCH3 is 2. The van der Waals surface area contributed by atoms with Crippen LogP contribution in [-0.2, 0) is 19.1 Å². The van der Waals surface area contributed by atoms with Crippen LogP contribution in [0.4, 0.5) is 5.69 Å². The minimum Gasteiger partial charge on any atom is -0.465 e. The minimum atomic E-state index is -0.679. The molecule has 0 atom stereocenters. The van der Waals surface area contributed by atoms with E-state index >= 15 is 0 Å². The first kappa shape index (κ1) is 18.3. The second kappa shape index (κ2) is 8.28. The molecule has 1 aliphatic heterocycles. The van der Waals surface area contributed by atoms with E-state index in [4.69, 9.17) is 14.2 Å². The number of allylic oxidation sites excluding steroid dienone is 2. The van der Waals surface area contributed by atoms with Crippen LogP contribution < -0.4 is 9.64 Å². The van der Waals surface area contributed by atoms with Gasteiger partial charge in [-0.3, -0.25) is 0 Å². The zero-order valence-corrected chi connectivity index (χ0v) is 15.3. The zero-order valence-electron chi connectivity index (χ0n) is 14.5. The third kappa shape index (κ3) is 4.04. The zero-order chi connectivity index (χ0) is 19.2. The summed E-state index contributed by atoms with van der Waals surface area (Å²) in [5.74, 6) is -0.831. The van der Waals surface area contributed by atoms with E-state index in [1.807, 2.05) is 0 Å². The highest BCUT2D eigenvalue weighted by Gasteiger charge is 2.27. The highest BCUT2D eigenvalue weighted by Crippen LogP contribution is 2.31. The summed E-state index contributed by atoms with van der Waals surface area (Å²) in [6.07, 6.45) is 6.47. The summed E-state index contributed by atoms with van der Waals surface area (Å²) in [6.45, 7) is 0. The molecule has 0 aliphatic carbocycles. The molecule has 1 aromatic heterocycles. The Kier molecular flexibility index (Phi) is 5.62.